The van der Waals surface area contributed by atoms with Crippen LogP contribution in [0.4, 0.5) is 0 Å². The maximum Gasteiger partial charge on any atom is 0.282 e. The predicted octanol–water partition coefficient (Wildman–Crippen LogP) is 0.0483. The molecule has 0 bridgehead atoms. The predicted molar refractivity (Wildman–Crippen MR) is 71.0 cm³/mol. The number of hydrogen-bond acceptors (Lipinski definition) is 4. The van der Waals surface area contributed by atoms with Gasteiger partial charge in [0.25, 0.3) is 10.2 Å². The molecule has 2 rings (SSSR count). The van der Waals surface area contributed by atoms with Crippen LogP contribution in [0.1, 0.15) is 5.56 Å². The minimum Gasteiger partial charge on any atom is -0.497 e. The Morgan fingerprint density at radius 1 is 1.47 bits per heavy atom. The first-order valence-corrected chi connectivity index (χ1v) is 7.35. The number of aliphatic hydroxyl groups excluding tert-OH is 1. The van der Waals surface area contributed by atoms with Gasteiger partial charge in [-0.3, -0.25) is 0 Å². The van der Waals surface area contributed by atoms with Gasteiger partial charge in [0.2, 0.25) is 0 Å². The van der Waals surface area contributed by atoms with E-state index in [9.17, 15) is 13.5 Å². The third-order valence-electron chi connectivity index (χ3n) is 3.09. The molecule has 0 atom stereocenters. The van der Waals surface area contributed by atoms with E-state index in [4.69, 9.17) is 4.74 Å². The number of β-amino-alcohol motifs (C(OH)–C–C–N with tert-alkyl or cyclic N) is 1. The molecule has 19 heavy (non-hydrogen) atoms. The van der Waals surface area contributed by atoms with Gasteiger partial charge in [-0.05, 0) is 17.7 Å². The van der Waals surface area contributed by atoms with E-state index in [2.05, 4.69) is 0 Å². The van der Waals surface area contributed by atoms with E-state index in [0.29, 0.717) is 5.75 Å². The van der Waals surface area contributed by atoms with Gasteiger partial charge in [0.15, 0.2) is 0 Å². The summed E-state index contributed by atoms with van der Waals surface area (Å²) >= 11 is 0. The second-order valence-corrected chi connectivity index (χ2v) is 6.62. The first-order chi connectivity index (χ1) is 8.93. The quantitative estimate of drug-likeness (QED) is 0.830. The molecule has 1 fully saturated rings. The number of rotatable bonds is 5. The Labute approximate surface area is 113 Å². The molecule has 1 aliphatic rings. The van der Waals surface area contributed by atoms with Gasteiger partial charge in [0, 0.05) is 26.7 Å². The van der Waals surface area contributed by atoms with Crippen molar-refractivity contribution in [1.82, 2.24) is 8.61 Å². The summed E-state index contributed by atoms with van der Waals surface area (Å²) in [6, 6.07) is 7.28. The van der Waals surface area contributed by atoms with E-state index < -0.39 is 16.3 Å². The Morgan fingerprint density at radius 3 is 2.74 bits per heavy atom. The zero-order valence-electron chi connectivity index (χ0n) is 11.0. The maximum atomic E-state index is 12.1. The zero-order valence-corrected chi connectivity index (χ0v) is 11.8. The number of hydrogen-bond donors (Lipinski definition) is 1. The Balaban J connectivity index is 2.05. The van der Waals surface area contributed by atoms with Gasteiger partial charge in [0.05, 0.1) is 13.2 Å². The number of ether oxygens (including phenoxy) is 1. The molecule has 0 spiro atoms. The molecule has 1 saturated heterocycles. The molecule has 6 nitrogen and oxygen atoms in total. The lowest BCUT2D eigenvalue weighted by molar-refractivity contribution is 0.0510. The van der Waals surface area contributed by atoms with Crippen LogP contribution in [0.15, 0.2) is 24.3 Å². The van der Waals surface area contributed by atoms with Crippen LogP contribution in [-0.4, -0.2) is 55.5 Å². The topological polar surface area (TPSA) is 70.1 Å². The summed E-state index contributed by atoms with van der Waals surface area (Å²) in [4.78, 5) is 0. The monoisotopic (exact) mass is 286 g/mol. The fourth-order valence-electron chi connectivity index (χ4n) is 1.91. The molecular weight excluding hydrogens is 268 g/mol. The number of methoxy groups -OCH3 is 1. The lowest BCUT2D eigenvalue weighted by Gasteiger charge is -2.37. The van der Waals surface area contributed by atoms with Crippen molar-refractivity contribution in [2.45, 2.75) is 12.6 Å². The van der Waals surface area contributed by atoms with Gasteiger partial charge in [-0.1, -0.05) is 12.1 Å². The van der Waals surface area contributed by atoms with Crippen molar-refractivity contribution in [2.75, 3.05) is 27.2 Å². The summed E-state index contributed by atoms with van der Waals surface area (Å²) in [6.07, 6.45) is -0.542. The fraction of sp³-hybridized carbons (Fsp3) is 0.500. The van der Waals surface area contributed by atoms with Crippen molar-refractivity contribution < 1.29 is 18.3 Å². The summed E-state index contributed by atoms with van der Waals surface area (Å²) in [6.45, 7) is 0.613. The van der Waals surface area contributed by atoms with Crippen LogP contribution in [0, 0.1) is 0 Å². The first-order valence-electron chi connectivity index (χ1n) is 5.96. The highest BCUT2D eigenvalue weighted by atomic mass is 32.2. The standard InChI is InChI=1S/C12H18N2O4S/c1-13(19(16,17)14-8-11(15)9-14)7-10-4-3-5-12(6-10)18-2/h3-6,11,15H,7-9H2,1-2H3. The van der Waals surface area contributed by atoms with Crippen molar-refractivity contribution in [3.05, 3.63) is 29.8 Å². The molecule has 0 saturated carbocycles. The van der Waals surface area contributed by atoms with E-state index in [-0.39, 0.29) is 19.6 Å². The first kappa shape index (κ1) is 14.3. The summed E-state index contributed by atoms with van der Waals surface area (Å²) in [7, 11) is -0.389. The lowest BCUT2D eigenvalue weighted by Crippen LogP contribution is -2.56. The van der Waals surface area contributed by atoms with Gasteiger partial charge < -0.3 is 9.84 Å². The van der Waals surface area contributed by atoms with E-state index >= 15 is 0 Å². The van der Waals surface area contributed by atoms with E-state index in [1.54, 1.807) is 13.2 Å². The Morgan fingerprint density at radius 2 is 2.16 bits per heavy atom. The summed E-state index contributed by atoms with van der Waals surface area (Å²) in [5.41, 5.74) is 0.853. The third-order valence-corrected chi connectivity index (χ3v) is 4.96. The SMILES string of the molecule is COc1cccc(CN(C)S(=O)(=O)N2CC(O)C2)c1. The minimum atomic E-state index is -3.49. The van der Waals surface area contributed by atoms with Crippen molar-refractivity contribution in [3.8, 4) is 5.75 Å². The van der Waals surface area contributed by atoms with E-state index in [0.717, 1.165) is 5.56 Å². The van der Waals surface area contributed by atoms with Crippen LogP contribution < -0.4 is 4.74 Å². The molecule has 0 amide bonds. The van der Waals surface area contributed by atoms with Gasteiger partial charge in [-0.25, -0.2) is 0 Å². The van der Waals surface area contributed by atoms with Gasteiger partial charge in [0.1, 0.15) is 5.75 Å². The molecule has 0 radical (unpaired) electrons. The highest BCUT2D eigenvalue weighted by Crippen LogP contribution is 2.19. The van der Waals surface area contributed by atoms with Gasteiger partial charge >= 0.3 is 0 Å². The Bertz CT molecular complexity index is 540. The van der Waals surface area contributed by atoms with E-state index in [1.165, 1.54) is 15.7 Å². The smallest absolute Gasteiger partial charge is 0.282 e. The summed E-state index contributed by atoms with van der Waals surface area (Å²) in [5.74, 6) is 0.697. The average Bonchev–Trinajstić information content (AvgIpc) is 2.35. The van der Waals surface area contributed by atoms with Crippen LogP contribution in [0.5, 0.6) is 5.75 Å². The Kier molecular flexibility index (Phi) is 4.10. The highest BCUT2D eigenvalue weighted by molar-refractivity contribution is 7.86. The van der Waals surface area contributed by atoms with Crippen molar-refractivity contribution >= 4 is 10.2 Å². The summed E-state index contributed by atoms with van der Waals surface area (Å²) in [5, 5.41) is 9.18. The lowest BCUT2D eigenvalue weighted by atomic mass is 10.2. The van der Waals surface area contributed by atoms with Crippen molar-refractivity contribution in [1.29, 1.82) is 0 Å². The number of aliphatic hydroxyl groups is 1. The van der Waals surface area contributed by atoms with Crippen LogP contribution in [0.25, 0.3) is 0 Å². The third kappa shape index (κ3) is 3.06. The van der Waals surface area contributed by atoms with Crippen LogP contribution >= 0.6 is 0 Å². The maximum absolute atomic E-state index is 12.1. The Hall–Kier alpha value is -1.15. The molecule has 7 heteroatoms. The molecule has 0 aliphatic carbocycles. The molecule has 1 aromatic rings. The zero-order chi connectivity index (χ0) is 14.0. The van der Waals surface area contributed by atoms with Crippen molar-refractivity contribution in [3.63, 3.8) is 0 Å². The van der Waals surface area contributed by atoms with Crippen LogP contribution in [-0.2, 0) is 16.8 Å². The largest absolute Gasteiger partial charge is 0.497 e. The molecular formula is C12H18N2O4S. The van der Waals surface area contributed by atoms with Gasteiger partial charge in [-0.15, -0.1) is 0 Å². The molecule has 106 valence electrons. The minimum absolute atomic E-state index is 0.171. The summed E-state index contributed by atoms with van der Waals surface area (Å²) < 4.78 is 31.9. The second kappa shape index (κ2) is 5.46. The average molecular weight is 286 g/mol. The number of benzene rings is 1. The van der Waals surface area contributed by atoms with E-state index in [1.807, 2.05) is 18.2 Å². The molecule has 0 aromatic heterocycles. The molecule has 1 heterocycles. The van der Waals surface area contributed by atoms with Crippen LogP contribution in [0.2, 0.25) is 0 Å². The van der Waals surface area contributed by atoms with Gasteiger partial charge in [-0.2, -0.15) is 17.0 Å². The van der Waals surface area contributed by atoms with Crippen LogP contribution in [0.3, 0.4) is 0 Å². The fourth-order valence-corrected chi connectivity index (χ4v) is 3.34. The molecule has 1 N–H and O–H groups in total. The molecule has 1 aromatic carbocycles. The molecule has 0 unspecified atom stereocenters. The second-order valence-electron chi connectivity index (χ2n) is 4.59. The number of nitrogens with zero attached hydrogens (tertiary/aromatic N) is 2. The normalized spacial score (nSPS) is 17.5. The highest BCUT2D eigenvalue weighted by Gasteiger charge is 2.36. The molecule has 1 aliphatic heterocycles. The van der Waals surface area contributed by atoms with Crippen molar-refractivity contribution in [2.24, 2.45) is 0 Å².